The molecule has 1 aliphatic carbocycles. The molecule has 0 radical (unpaired) electrons. The Bertz CT molecular complexity index is 875. The molecule has 0 saturated heterocycles. The fraction of sp³-hybridized carbons (Fsp3) is 0.278. The van der Waals surface area contributed by atoms with Gasteiger partial charge < -0.3 is 9.84 Å². The number of nitrogens with zero attached hydrogens (tertiary/aromatic N) is 4. The highest BCUT2D eigenvalue weighted by molar-refractivity contribution is 5.62. The lowest BCUT2D eigenvalue weighted by Crippen LogP contribution is -2.00. The average Bonchev–Trinajstić information content (AvgIpc) is 3.15. The molecule has 0 amide bonds. The molecule has 2 heterocycles. The second-order valence-electron chi connectivity index (χ2n) is 6.13. The monoisotopic (exact) mass is 321 g/mol. The van der Waals surface area contributed by atoms with Crippen LogP contribution in [0.2, 0.25) is 0 Å². The molecular weight excluding hydrogens is 302 g/mol. The first-order valence-electron chi connectivity index (χ1n) is 8.07. The number of aryl methyl sites for hydroxylation is 1. The molecule has 0 aliphatic heterocycles. The smallest absolute Gasteiger partial charge is 0.257 e. The van der Waals surface area contributed by atoms with Crippen LogP contribution in [0, 0.1) is 6.92 Å². The van der Waals surface area contributed by atoms with Crippen molar-refractivity contribution in [3.63, 3.8) is 0 Å². The minimum Gasteiger partial charge on any atom is -0.381 e. The second kappa shape index (κ2) is 5.96. The third-order valence-corrected chi connectivity index (χ3v) is 4.18. The van der Waals surface area contributed by atoms with E-state index in [0.717, 1.165) is 28.2 Å². The zero-order chi connectivity index (χ0) is 16.5. The first-order chi connectivity index (χ1) is 11.7. The van der Waals surface area contributed by atoms with Gasteiger partial charge in [-0.15, -0.1) is 0 Å². The van der Waals surface area contributed by atoms with Crippen molar-refractivity contribution in [1.29, 1.82) is 0 Å². The summed E-state index contributed by atoms with van der Waals surface area (Å²) in [6, 6.07) is 6.12. The Morgan fingerprint density at radius 3 is 3.00 bits per heavy atom. The highest BCUT2D eigenvalue weighted by Crippen LogP contribution is 2.39. The van der Waals surface area contributed by atoms with Gasteiger partial charge >= 0.3 is 0 Å². The van der Waals surface area contributed by atoms with Gasteiger partial charge in [0, 0.05) is 41.7 Å². The molecule has 1 saturated carbocycles. The number of rotatable bonds is 6. The first-order valence-corrected chi connectivity index (χ1v) is 8.07. The summed E-state index contributed by atoms with van der Waals surface area (Å²) >= 11 is 0. The SMILES string of the molecule is C=Cn1cc(CNc2ccc(-c3nc(C4CC4)no3)cc2C)cn1. The van der Waals surface area contributed by atoms with Gasteiger partial charge in [-0.3, -0.25) is 0 Å². The summed E-state index contributed by atoms with van der Waals surface area (Å²) in [6.45, 7) is 6.47. The molecule has 0 spiro atoms. The van der Waals surface area contributed by atoms with E-state index in [0.29, 0.717) is 18.4 Å². The Kier molecular flexibility index (Phi) is 3.65. The van der Waals surface area contributed by atoms with Crippen molar-refractivity contribution in [2.75, 3.05) is 5.32 Å². The van der Waals surface area contributed by atoms with Crippen molar-refractivity contribution in [3.8, 4) is 11.5 Å². The molecule has 0 unspecified atom stereocenters. The van der Waals surface area contributed by atoms with Gasteiger partial charge in [0.1, 0.15) is 0 Å². The zero-order valence-electron chi connectivity index (χ0n) is 13.6. The lowest BCUT2D eigenvalue weighted by molar-refractivity contribution is 0.422. The van der Waals surface area contributed by atoms with Gasteiger partial charge in [-0.25, -0.2) is 4.68 Å². The second-order valence-corrected chi connectivity index (χ2v) is 6.13. The van der Waals surface area contributed by atoms with E-state index in [-0.39, 0.29) is 0 Å². The van der Waals surface area contributed by atoms with Crippen LogP contribution in [0.4, 0.5) is 5.69 Å². The first kappa shape index (κ1) is 14.7. The highest BCUT2D eigenvalue weighted by atomic mass is 16.5. The van der Waals surface area contributed by atoms with Crippen molar-refractivity contribution in [3.05, 3.63) is 54.1 Å². The Morgan fingerprint density at radius 1 is 1.42 bits per heavy atom. The van der Waals surface area contributed by atoms with E-state index in [1.807, 2.05) is 24.5 Å². The normalized spacial score (nSPS) is 13.9. The molecule has 6 nitrogen and oxygen atoms in total. The number of benzene rings is 1. The van der Waals surface area contributed by atoms with Crippen LogP contribution in [-0.4, -0.2) is 19.9 Å². The minimum absolute atomic E-state index is 0.501. The van der Waals surface area contributed by atoms with E-state index in [9.17, 15) is 0 Å². The summed E-state index contributed by atoms with van der Waals surface area (Å²) < 4.78 is 7.08. The summed E-state index contributed by atoms with van der Waals surface area (Å²) in [5, 5.41) is 11.7. The molecule has 1 aromatic carbocycles. The standard InChI is InChI=1S/C18H19N5O/c1-3-23-11-13(10-20-23)9-19-16-7-6-15(8-12(16)2)18-21-17(22-24-18)14-4-5-14/h3,6-8,10-11,14,19H,1,4-5,9H2,2H3. The Labute approximate surface area is 140 Å². The number of nitrogens with one attached hydrogen (secondary N) is 1. The Balaban J connectivity index is 1.47. The van der Waals surface area contributed by atoms with Gasteiger partial charge in [0.25, 0.3) is 5.89 Å². The molecular formula is C18H19N5O. The largest absolute Gasteiger partial charge is 0.381 e. The zero-order valence-corrected chi connectivity index (χ0v) is 13.6. The van der Waals surface area contributed by atoms with E-state index in [1.54, 1.807) is 10.9 Å². The molecule has 0 bridgehead atoms. The number of hydrogen-bond donors (Lipinski definition) is 1. The summed E-state index contributed by atoms with van der Waals surface area (Å²) in [4.78, 5) is 4.50. The molecule has 2 aromatic heterocycles. The molecule has 4 rings (SSSR count). The average molecular weight is 321 g/mol. The van der Waals surface area contributed by atoms with Crippen LogP contribution in [0.1, 0.15) is 35.7 Å². The molecule has 1 N–H and O–H groups in total. The minimum atomic E-state index is 0.501. The summed E-state index contributed by atoms with van der Waals surface area (Å²) in [7, 11) is 0. The van der Waals surface area contributed by atoms with Gasteiger partial charge in [0.2, 0.25) is 0 Å². The fourth-order valence-corrected chi connectivity index (χ4v) is 2.62. The summed E-state index contributed by atoms with van der Waals surface area (Å²) in [6.07, 6.45) is 7.79. The Morgan fingerprint density at radius 2 is 2.29 bits per heavy atom. The molecule has 1 aliphatic rings. The fourth-order valence-electron chi connectivity index (χ4n) is 2.62. The van der Waals surface area contributed by atoms with Crippen LogP contribution in [0.5, 0.6) is 0 Å². The molecule has 6 heteroatoms. The predicted octanol–water partition coefficient (Wildman–Crippen LogP) is 3.83. The third kappa shape index (κ3) is 2.95. The van der Waals surface area contributed by atoms with Crippen LogP contribution in [0.15, 0.2) is 41.7 Å². The highest BCUT2D eigenvalue weighted by Gasteiger charge is 2.29. The summed E-state index contributed by atoms with van der Waals surface area (Å²) in [5.41, 5.74) is 4.27. The van der Waals surface area contributed by atoms with Crippen LogP contribution < -0.4 is 5.32 Å². The Hall–Kier alpha value is -2.89. The van der Waals surface area contributed by atoms with E-state index in [1.165, 1.54) is 12.8 Å². The van der Waals surface area contributed by atoms with Crippen LogP contribution in [-0.2, 0) is 6.54 Å². The molecule has 24 heavy (non-hydrogen) atoms. The number of aromatic nitrogens is 4. The predicted molar refractivity (Wildman–Crippen MR) is 92.4 cm³/mol. The van der Waals surface area contributed by atoms with Crippen molar-refractivity contribution in [1.82, 2.24) is 19.9 Å². The van der Waals surface area contributed by atoms with Gasteiger partial charge in [0.05, 0.1) is 6.20 Å². The van der Waals surface area contributed by atoms with Crippen LogP contribution >= 0.6 is 0 Å². The van der Waals surface area contributed by atoms with E-state index in [4.69, 9.17) is 4.52 Å². The van der Waals surface area contributed by atoms with Crippen molar-refractivity contribution in [2.24, 2.45) is 0 Å². The van der Waals surface area contributed by atoms with Gasteiger partial charge in [-0.05, 0) is 43.5 Å². The molecule has 0 atom stereocenters. The van der Waals surface area contributed by atoms with Crippen LogP contribution in [0.25, 0.3) is 17.7 Å². The number of anilines is 1. The van der Waals surface area contributed by atoms with E-state index < -0.39 is 0 Å². The lowest BCUT2D eigenvalue weighted by atomic mass is 10.1. The lowest BCUT2D eigenvalue weighted by Gasteiger charge is -2.09. The maximum Gasteiger partial charge on any atom is 0.257 e. The summed E-state index contributed by atoms with van der Waals surface area (Å²) in [5.74, 6) is 1.93. The molecule has 122 valence electrons. The van der Waals surface area contributed by atoms with Gasteiger partial charge in [0.15, 0.2) is 5.82 Å². The maximum atomic E-state index is 5.39. The van der Waals surface area contributed by atoms with E-state index in [2.05, 4.69) is 40.1 Å². The maximum absolute atomic E-state index is 5.39. The van der Waals surface area contributed by atoms with Gasteiger partial charge in [-0.1, -0.05) is 11.7 Å². The quantitative estimate of drug-likeness (QED) is 0.747. The van der Waals surface area contributed by atoms with Crippen molar-refractivity contribution in [2.45, 2.75) is 32.2 Å². The van der Waals surface area contributed by atoms with Crippen LogP contribution in [0.3, 0.4) is 0 Å². The van der Waals surface area contributed by atoms with Crippen molar-refractivity contribution < 1.29 is 4.52 Å². The van der Waals surface area contributed by atoms with Gasteiger partial charge in [-0.2, -0.15) is 10.1 Å². The van der Waals surface area contributed by atoms with E-state index >= 15 is 0 Å². The number of hydrogen-bond acceptors (Lipinski definition) is 5. The molecule has 3 aromatic rings. The molecule has 1 fully saturated rings. The topological polar surface area (TPSA) is 68.8 Å². The van der Waals surface area contributed by atoms with Crippen molar-refractivity contribution >= 4 is 11.9 Å². The third-order valence-electron chi connectivity index (χ3n) is 4.18.